The van der Waals surface area contributed by atoms with Gasteiger partial charge in [0.2, 0.25) is 0 Å². The molecule has 5 heteroatoms. The second-order valence-corrected chi connectivity index (χ2v) is 5.59. The number of amides is 2. The lowest BCUT2D eigenvalue weighted by molar-refractivity contribution is -0.137. The van der Waals surface area contributed by atoms with Gasteiger partial charge in [0.15, 0.2) is 0 Å². The van der Waals surface area contributed by atoms with Crippen LogP contribution in [0.4, 0.5) is 4.79 Å². The summed E-state index contributed by atoms with van der Waals surface area (Å²) in [5, 5.41) is 11.5. The van der Waals surface area contributed by atoms with Crippen molar-refractivity contribution in [3.8, 4) is 0 Å². The number of nitrogens with one attached hydrogen (secondary N) is 1. The lowest BCUT2D eigenvalue weighted by atomic mass is 9.98. The van der Waals surface area contributed by atoms with Gasteiger partial charge < -0.3 is 15.3 Å². The van der Waals surface area contributed by atoms with Gasteiger partial charge in [0.05, 0.1) is 6.42 Å². The molecule has 2 aliphatic rings. The quantitative estimate of drug-likeness (QED) is 0.724. The number of hydrogen-bond acceptors (Lipinski definition) is 2. The first-order valence-corrected chi connectivity index (χ1v) is 6.78. The van der Waals surface area contributed by atoms with Gasteiger partial charge in [0.1, 0.15) is 0 Å². The maximum Gasteiger partial charge on any atom is 0.317 e. The van der Waals surface area contributed by atoms with E-state index in [0.29, 0.717) is 5.92 Å². The van der Waals surface area contributed by atoms with Gasteiger partial charge >= 0.3 is 12.0 Å². The Hall–Kier alpha value is -1.26. The summed E-state index contributed by atoms with van der Waals surface area (Å²) >= 11 is 0. The molecule has 5 nitrogen and oxygen atoms in total. The largest absolute Gasteiger partial charge is 0.481 e. The van der Waals surface area contributed by atoms with Crippen molar-refractivity contribution >= 4 is 12.0 Å². The van der Waals surface area contributed by atoms with Crippen molar-refractivity contribution in [3.63, 3.8) is 0 Å². The molecule has 0 spiro atoms. The third-order valence-electron chi connectivity index (χ3n) is 3.95. The molecule has 102 valence electrons. The molecule has 0 radical (unpaired) electrons. The molecule has 0 aromatic rings. The van der Waals surface area contributed by atoms with E-state index < -0.39 is 5.97 Å². The van der Waals surface area contributed by atoms with Crippen molar-refractivity contribution in [3.05, 3.63) is 0 Å². The van der Waals surface area contributed by atoms with Crippen molar-refractivity contribution in [2.75, 3.05) is 20.1 Å². The number of aliphatic carboxylic acids is 1. The van der Waals surface area contributed by atoms with Gasteiger partial charge in [-0.3, -0.25) is 4.79 Å². The van der Waals surface area contributed by atoms with Crippen LogP contribution < -0.4 is 5.32 Å². The van der Waals surface area contributed by atoms with Crippen LogP contribution in [-0.4, -0.2) is 42.1 Å². The van der Waals surface area contributed by atoms with Crippen molar-refractivity contribution in [1.29, 1.82) is 0 Å². The molecule has 18 heavy (non-hydrogen) atoms. The Morgan fingerprint density at radius 1 is 1.28 bits per heavy atom. The summed E-state index contributed by atoms with van der Waals surface area (Å²) in [6.07, 6.45) is 5.24. The maximum atomic E-state index is 11.8. The van der Waals surface area contributed by atoms with E-state index in [0.717, 1.165) is 18.4 Å². The zero-order valence-electron chi connectivity index (χ0n) is 10.9. The molecule has 0 unspecified atom stereocenters. The number of carboxylic acid groups (broad SMARTS) is 1. The second kappa shape index (κ2) is 5.59. The third kappa shape index (κ3) is 3.89. The van der Waals surface area contributed by atoms with Crippen molar-refractivity contribution in [2.24, 2.45) is 17.8 Å². The predicted molar refractivity (Wildman–Crippen MR) is 67.2 cm³/mol. The summed E-state index contributed by atoms with van der Waals surface area (Å²) in [4.78, 5) is 23.6. The minimum atomic E-state index is -0.872. The van der Waals surface area contributed by atoms with Crippen LogP contribution in [0.3, 0.4) is 0 Å². The van der Waals surface area contributed by atoms with E-state index in [9.17, 15) is 9.59 Å². The lowest BCUT2D eigenvalue weighted by Gasteiger charge is -2.20. The maximum absolute atomic E-state index is 11.8. The number of rotatable bonds is 7. The Labute approximate surface area is 108 Å². The number of hydrogen-bond donors (Lipinski definition) is 2. The molecule has 0 saturated heterocycles. The Morgan fingerprint density at radius 2 is 1.83 bits per heavy atom. The molecule has 2 saturated carbocycles. The number of carbonyl (C=O) groups is 2. The Morgan fingerprint density at radius 3 is 2.28 bits per heavy atom. The predicted octanol–water partition coefficient (Wildman–Crippen LogP) is 1.54. The van der Waals surface area contributed by atoms with Crippen molar-refractivity contribution < 1.29 is 14.7 Å². The monoisotopic (exact) mass is 254 g/mol. The zero-order valence-corrected chi connectivity index (χ0v) is 10.9. The first kappa shape index (κ1) is 13.2. The number of carboxylic acids is 1. The van der Waals surface area contributed by atoms with Gasteiger partial charge in [-0.2, -0.15) is 0 Å². The van der Waals surface area contributed by atoms with Crippen LogP contribution in [0.2, 0.25) is 0 Å². The average molecular weight is 254 g/mol. The van der Waals surface area contributed by atoms with E-state index in [4.69, 9.17) is 5.11 Å². The molecule has 2 rings (SSSR count). The van der Waals surface area contributed by atoms with E-state index in [1.807, 2.05) is 0 Å². The number of carbonyl (C=O) groups excluding carboxylic acids is 1. The molecule has 2 amide bonds. The molecule has 0 aromatic heterocycles. The van der Waals surface area contributed by atoms with Crippen molar-refractivity contribution in [1.82, 2.24) is 10.2 Å². The minimum Gasteiger partial charge on any atom is -0.481 e. The van der Waals surface area contributed by atoms with Crippen LogP contribution >= 0.6 is 0 Å². The summed E-state index contributed by atoms with van der Waals surface area (Å²) < 4.78 is 0. The highest BCUT2D eigenvalue weighted by atomic mass is 16.4. The highest BCUT2D eigenvalue weighted by Crippen LogP contribution is 2.48. The molecule has 0 aliphatic heterocycles. The standard InChI is InChI=1S/C13H22N2O3/c1-15(7-6-12(16)17)13(18)14-8-11(9-2-3-9)10-4-5-10/h9-11H,2-8H2,1H3,(H,14,18)(H,16,17). The van der Waals surface area contributed by atoms with Gasteiger partial charge in [-0.25, -0.2) is 4.79 Å². The second-order valence-electron chi connectivity index (χ2n) is 5.59. The van der Waals surface area contributed by atoms with Gasteiger partial charge in [-0.1, -0.05) is 0 Å². The van der Waals surface area contributed by atoms with Gasteiger partial charge in [-0.15, -0.1) is 0 Å². The summed E-state index contributed by atoms with van der Waals surface area (Å²) in [6.45, 7) is 1.02. The first-order chi connectivity index (χ1) is 8.58. The fraction of sp³-hybridized carbons (Fsp3) is 0.846. The third-order valence-corrected chi connectivity index (χ3v) is 3.95. The summed E-state index contributed by atoms with van der Waals surface area (Å²) in [5.74, 6) is 1.43. The Balaban J connectivity index is 1.67. The molecule has 2 aliphatic carbocycles. The molecular formula is C13H22N2O3. The molecule has 2 N–H and O–H groups in total. The van der Waals surface area contributed by atoms with Crippen LogP contribution in [-0.2, 0) is 4.79 Å². The summed E-state index contributed by atoms with van der Waals surface area (Å²) in [5.41, 5.74) is 0. The Kier molecular flexibility index (Phi) is 4.09. The minimum absolute atomic E-state index is 0.00139. The highest BCUT2D eigenvalue weighted by Gasteiger charge is 2.41. The molecule has 0 bridgehead atoms. The highest BCUT2D eigenvalue weighted by molar-refractivity contribution is 5.75. The average Bonchev–Trinajstić information content (AvgIpc) is 3.16. The molecular weight excluding hydrogens is 232 g/mol. The van der Waals surface area contributed by atoms with E-state index in [1.54, 1.807) is 7.05 Å². The van der Waals surface area contributed by atoms with Crippen LogP contribution in [0, 0.1) is 17.8 Å². The molecule has 0 heterocycles. The van der Waals surface area contributed by atoms with Gasteiger partial charge in [-0.05, 0) is 43.4 Å². The van der Waals surface area contributed by atoms with E-state index >= 15 is 0 Å². The molecule has 0 atom stereocenters. The summed E-state index contributed by atoms with van der Waals surface area (Å²) in [7, 11) is 1.64. The SMILES string of the molecule is CN(CCC(=O)O)C(=O)NCC(C1CC1)C1CC1. The normalized spacial score (nSPS) is 18.8. The van der Waals surface area contributed by atoms with E-state index in [-0.39, 0.29) is 19.0 Å². The summed E-state index contributed by atoms with van der Waals surface area (Å²) in [6, 6.07) is -0.150. The topological polar surface area (TPSA) is 69.6 Å². The van der Waals surface area contributed by atoms with Gasteiger partial charge in [0.25, 0.3) is 0 Å². The zero-order chi connectivity index (χ0) is 13.1. The number of urea groups is 1. The fourth-order valence-electron chi connectivity index (χ4n) is 2.47. The van der Waals surface area contributed by atoms with Crippen LogP contribution in [0.15, 0.2) is 0 Å². The number of nitrogens with zero attached hydrogens (tertiary/aromatic N) is 1. The molecule has 2 fully saturated rings. The Bertz CT molecular complexity index is 312. The van der Waals surface area contributed by atoms with Crippen LogP contribution in [0.25, 0.3) is 0 Å². The van der Waals surface area contributed by atoms with Crippen molar-refractivity contribution in [2.45, 2.75) is 32.1 Å². The lowest BCUT2D eigenvalue weighted by Crippen LogP contribution is -2.41. The van der Waals surface area contributed by atoms with Gasteiger partial charge in [0, 0.05) is 20.1 Å². The molecule has 0 aromatic carbocycles. The smallest absolute Gasteiger partial charge is 0.317 e. The van der Waals surface area contributed by atoms with Crippen LogP contribution in [0.1, 0.15) is 32.1 Å². The van der Waals surface area contributed by atoms with E-state index in [1.165, 1.54) is 30.6 Å². The fourth-order valence-corrected chi connectivity index (χ4v) is 2.47. The first-order valence-electron chi connectivity index (χ1n) is 6.78. The van der Waals surface area contributed by atoms with Crippen LogP contribution in [0.5, 0.6) is 0 Å². The van der Waals surface area contributed by atoms with E-state index in [2.05, 4.69) is 5.32 Å².